The van der Waals surface area contributed by atoms with Gasteiger partial charge in [0.2, 0.25) is 5.91 Å². The molecule has 1 atom stereocenters. The van der Waals surface area contributed by atoms with Gasteiger partial charge in [-0.15, -0.1) is 22.0 Å². The van der Waals surface area contributed by atoms with Gasteiger partial charge in [-0.05, 0) is 32.0 Å². The fourth-order valence-corrected chi connectivity index (χ4v) is 4.32. The van der Waals surface area contributed by atoms with Gasteiger partial charge in [0.05, 0.1) is 12.6 Å². The van der Waals surface area contributed by atoms with Crippen LogP contribution in [0.25, 0.3) is 0 Å². The molecule has 0 radical (unpaired) electrons. The molecular weight excluding hydrogens is 352 g/mol. The fraction of sp³-hybridized carbons (Fsp3) is 0.500. The van der Waals surface area contributed by atoms with Crippen LogP contribution in [0, 0.1) is 6.92 Å². The molecule has 1 aromatic carbocycles. The Balaban J connectivity index is 1.32. The van der Waals surface area contributed by atoms with Crippen LogP contribution in [0.1, 0.15) is 31.0 Å². The maximum absolute atomic E-state index is 12.6. The first-order valence-electron chi connectivity index (χ1n) is 8.82. The highest BCUT2D eigenvalue weighted by molar-refractivity contribution is 7.99. The molecule has 26 heavy (non-hydrogen) atoms. The van der Waals surface area contributed by atoms with Crippen molar-refractivity contribution in [2.24, 2.45) is 0 Å². The standard InChI is InChI=1S/C18H22N4O3S/c1-12-10-21(11-17-20-19-13(2)22(12)17)18(23)5-8-26-14-3-4-15-16(9-14)25-7-6-24-15/h3-4,9,12H,5-8,10-11H2,1-2H3. The number of benzene rings is 1. The van der Waals surface area contributed by atoms with E-state index in [0.717, 1.165) is 33.8 Å². The Morgan fingerprint density at radius 2 is 2.08 bits per heavy atom. The van der Waals surface area contributed by atoms with Crippen LogP contribution in [0.15, 0.2) is 23.1 Å². The van der Waals surface area contributed by atoms with Crippen LogP contribution in [0.2, 0.25) is 0 Å². The summed E-state index contributed by atoms with van der Waals surface area (Å²) in [4.78, 5) is 15.6. The summed E-state index contributed by atoms with van der Waals surface area (Å²) in [5, 5.41) is 8.32. The molecule has 0 fully saturated rings. The van der Waals surface area contributed by atoms with E-state index in [1.54, 1.807) is 11.8 Å². The lowest BCUT2D eigenvalue weighted by atomic mass is 10.2. The molecule has 0 aliphatic carbocycles. The molecule has 0 saturated heterocycles. The van der Waals surface area contributed by atoms with Crippen molar-refractivity contribution in [2.75, 3.05) is 25.5 Å². The van der Waals surface area contributed by atoms with Crippen molar-refractivity contribution < 1.29 is 14.3 Å². The van der Waals surface area contributed by atoms with Crippen molar-refractivity contribution in [3.05, 3.63) is 29.8 Å². The molecule has 8 heteroatoms. The molecule has 0 spiro atoms. The largest absolute Gasteiger partial charge is 0.486 e. The molecule has 0 N–H and O–H groups in total. The second-order valence-electron chi connectivity index (χ2n) is 6.56. The molecule has 4 rings (SSSR count). The lowest BCUT2D eigenvalue weighted by Gasteiger charge is -2.32. The van der Waals surface area contributed by atoms with E-state index >= 15 is 0 Å². The molecule has 3 heterocycles. The Bertz CT molecular complexity index is 823. The number of aromatic nitrogens is 3. The SMILES string of the molecule is Cc1nnc2n1C(C)CN(C(=O)CCSc1ccc3c(c1)OCCO3)C2. The highest BCUT2D eigenvalue weighted by Gasteiger charge is 2.27. The zero-order valence-corrected chi connectivity index (χ0v) is 15.8. The Labute approximate surface area is 156 Å². The van der Waals surface area contributed by atoms with Crippen molar-refractivity contribution in [1.29, 1.82) is 0 Å². The number of carbonyl (C=O) groups excluding carboxylic acids is 1. The average Bonchev–Trinajstić information content (AvgIpc) is 3.03. The van der Waals surface area contributed by atoms with Gasteiger partial charge in [-0.2, -0.15) is 0 Å². The predicted molar refractivity (Wildman–Crippen MR) is 97.7 cm³/mol. The summed E-state index contributed by atoms with van der Waals surface area (Å²) < 4.78 is 13.3. The van der Waals surface area contributed by atoms with Gasteiger partial charge < -0.3 is 18.9 Å². The fourth-order valence-electron chi connectivity index (χ4n) is 3.45. The summed E-state index contributed by atoms with van der Waals surface area (Å²) in [7, 11) is 0. The van der Waals surface area contributed by atoms with E-state index < -0.39 is 0 Å². The van der Waals surface area contributed by atoms with E-state index in [2.05, 4.69) is 21.7 Å². The number of fused-ring (bicyclic) bond motifs is 2. The van der Waals surface area contributed by atoms with E-state index in [1.165, 1.54) is 0 Å². The van der Waals surface area contributed by atoms with E-state index in [4.69, 9.17) is 9.47 Å². The zero-order valence-electron chi connectivity index (χ0n) is 15.0. The topological polar surface area (TPSA) is 69.5 Å². The number of hydrogen-bond donors (Lipinski definition) is 0. The minimum atomic E-state index is 0.161. The van der Waals surface area contributed by atoms with Crippen molar-refractivity contribution in [2.45, 2.75) is 37.8 Å². The van der Waals surface area contributed by atoms with Crippen molar-refractivity contribution in [1.82, 2.24) is 19.7 Å². The van der Waals surface area contributed by atoms with Crippen LogP contribution in [0.3, 0.4) is 0 Å². The minimum absolute atomic E-state index is 0.161. The lowest BCUT2D eigenvalue weighted by molar-refractivity contribution is -0.132. The number of amides is 1. The van der Waals surface area contributed by atoms with Gasteiger partial charge in [0, 0.05) is 23.6 Å². The summed E-state index contributed by atoms with van der Waals surface area (Å²) in [5.74, 6) is 4.25. The van der Waals surface area contributed by atoms with Crippen LogP contribution in [-0.2, 0) is 11.3 Å². The van der Waals surface area contributed by atoms with E-state index in [1.807, 2.05) is 30.0 Å². The third kappa shape index (κ3) is 3.38. The Morgan fingerprint density at radius 3 is 2.92 bits per heavy atom. The monoisotopic (exact) mass is 374 g/mol. The summed E-state index contributed by atoms with van der Waals surface area (Å²) in [5.41, 5.74) is 0. The number of thioether (sulfide) groups is 1. The van der Waals surface area contributed by atoms with Gasteiger partial charge in [0.15, 0.2) is 17.3 Å². The Kier molecular flexibility index (Phi) is 4.76. The first-order valence-corrected chi connectivity index (χ1v) is 9.81. The van der Waals surface area contributed by atoms with E-state index in [-0.39, 0.29) is 11.9 Å². The molecule has 0 saturated carbocycles. The van der Waals surface area contributed by atoms with Gasteiger partial charge in [0.1, 0.15) is 19.0 Å². The summed E-state index contributed by atoms with van der Waals surface area (Å²) >= 11 is 1.66. The summed E-state index contributed by atoms with van der Waals surface area (Å²) in [6, 6.07) is 6.14. The number of ether oxygens (including phenoxy) is 2. The summed E-state index contributed by atoms with van der Waals surface area (Å²) in [6.45, 7) is 6.47. The third-order valence-corrected chi connectivity index (χ3v) is 5.64. The van der Waals surface area contributed by atoms with Crippen LogP contribution >= 0.6 is 11.8 Å². The van der Waals surface area contributed by atoms with E-state index in [9.17, 15) is 4.79 Å². The minimum Gasteiger partial charge on any atom is -0.486 e. The quantitative estimate of drug-likeness (QED) is 0.766. The Morgan fingerprint density at radius 1 is 1.27 bits per heavy atom. The van der Waals surface area contributed by atoms with Gasteiger partial charge in [-0.25, -0.2) is 0 Å². The van der Waals surface area contributed by atoms with Crippen molar-refractivity contribution in [3.63, 3.8) is 0 Å². The van der Waals surface area contributed by atoms with Crippen molar-refractivity contribution >= 4 is 17.7 Å². The number of rotatable bonds is 4. The van der Waals surface area contributed by atoms with Gasteiger partial charge in [0.25, 0.3) is 0 Å². The highest BCUT2D eigenvalue weighted by Crippen LogP contribution is 2.34. The van der Waals surface area contributed by atoms with Gasteiger partial charge in [-0.3, -0.25) is 4.79 Å². The lowest BCUT2D eigenvalue weighted by Crippen LogP contribution is -2.40. The third-order valence-electron chi connectivity index (χ3n) is 4.65. The number of aryl methyl sites for hydroxylation is 1. The molecule has 2 aromatic rings. The normalized spacial score (nSPS) is 18.5. The molecule has 0 bridgehead atoms. The number of hydrogen-bond acceptors (Lipinski definition) is 6. The summed E-state index contributed by atoms with van der Waals surface area (Å²) in [6.07, 6.45) is 0.499. The zero-order chi connectivity index (χ0) is 18.1. The average molecular weight is 374 g/mol. The Hall–Kier alpha value is -2.22. The molecule has 1 aromatic heterocycles. The smallest absolute Gasteiger partial charge is 0.223 e. The van der Waals surface area contributed by atoms with Crippen LogP contribution in [0.4, 0.5) is 0 Å². The first-order chi connectivity index (χ1) is 12.6. The van der Waals surface area contributed by atoms with Gasteiger partial charge in [-0.1, -0.05) is 0 Å². The molecular formula is C18H22N4O3S. The maximum atomic E-state index is 12.6. The first kappa shape index (κ1) is 17.2. The van der Waals surface area contributed by atoms with Crippen molar-refractivity contribution in [3.8, 4) is 11.5 Å². The molecule has 2 aliphatic heterocycles. The van der Waals surface area contributed by atoms with E-state index in [0.29, 0.717) is 32.7 Å². The maximum Gasteiger partial charge on any atom is 0.223 e. The molecule has 138 valence electrons. The second kappa shape index (κ2) is 7.19. The predicted octanol–water partition coefficient (Wildman–Crippen LogP) is 2.44. The van der Waals surface area contributed by atoms with Crippen LogP contribution in [-0.4, -0.2) is 51.1 Å². The number of nitrogens with zero attached hydrogens (tertiary/aromatic N) is 4. The molecule has 2 aliphatic rings. The second-order valence-corrected chi connectivity index (χ2v) is 7.73. The van der Waals surface area contributed by atoms with Crippen LogP contribution in [0.5, 0.6) is 11.5 Å². The highest BCUT2D eigenvalue weighted by atomic mass is 32.2. The molecule has 1 unspecified atom stereocenters. The molecule has 1 amide bonds. The van der Waals surface area contributed by atoms with Gasteiger partial charge >= 0.3 is 0 Å². The number of carbonyl (C=O) groups is 1. The molecule has 7 nitrogen and oxygen atoms in total. The van der Waals surface area contributed by atoms with Crippen LogP contribution < -0.4 is 9.47 Å².